The Bertz CT molecular complexity index is 809. The van der Waals surface area contributed by atoms with Crippen molar-refractivity contribution >= 4 is 23.5 Å². The first-order valence-corrected chi connectivity index (χ1v) is 12.5. The van der Waals surface area contributed by atoms with Crippen molar-refractivity contribution < 1.29 is 14.4 Å². The van der Waals surface area contributed by atoms with Crippen molar-refractivity contribution in [3.05, 3.63) is 29.8 Å². The minimum Gasteiger partial charge on any atom is -0.399 e. The molecule has 34 heavy (non-hydrogen) atoms. The van der Waals surface area contributed by atoms with Gasteiger partial charge in [-0.25, -0.2) is 4.79 Å². The van der Waals surface area contributed by atoms with Crippen LogP contribution in [0.4, 0.5) is 10.5 Å². The molecule has 0 spiro atoms. The summed E-state index contributed by atoms with van der Waals surface area (Å²) in [7, 11) is 0. The fourth-order valence-corrected chi connectivity index (χ4v) is 4.04. The predicted molar refractivity (Wildman–Crippen MR) is 136 cm³/mol. The molecule has 1 aromatic rings. The van der Waals surface area contributed by atoms with Crippen LogP contribution in [0.5, 0.6) is 0 Å². The quantitative estimate of drug-likeness (QED) is 0.434. The number of rotatable bonds is 8. The number of anilines is 1. The number of hydrogen-bond acceptors (Lipinski definition) is 4. The molecule has 0 bridgehead atoms. The van der Waals surface area contributed by atoms with Crippen LogP contribution in [0.2, 0.25) is 0 Å². The molecular formula is C26H43N5O3. The summed E-state index contributed by atoms with van der Waals surface area (Å²) in [6, 6.07) is 5.55. The SMILES string of the molecule is CC(C)CC(NC(=O)N1CCCCCC1)C(=O)NC(Cc1ccc(N)cc1)C(=O)NC(C)(C)C. The first kappa shape index (κ1) is 27.5. The van der Waals surface area contributed by atoms with E-state index in [1.165, 1.54) is 0 Å². The second kappa shape index (κ2) is 12.6. The Hall–Kier alpha value is -2.77. The number of likely N-dealkylation sites (tertiary alicyclic amines) is 1. The number of benzene rings is 1. The third-order valence-electron chi connectivity index (χ3n) is 5.77. The maximum Gasteiger partial charge on any atom is 0.318 e. The van der Waals surface area contributed by atoms with Gasteiger partial charge in [0.1, 0.15) is 12.1 Å². The molecule has 2 atom stereocenters. The summed E-state index contributed by atoms with van der Waals surface area (Å²) in [5.41, 5.74) is 6.87. The monoisotopic (exact) mass is 473 g/mol. The Morgan fingerprint density at radius 1 is 0.912 bits per heavy atom. The molecule has 1 heterocycles. The first-order chi connectivity index (χ1) is 15.9. The molecule has 4 amide bonds. The zero-order chi connectivity index (χ0) is 25.3. The topological polar surface area (TPSA) is 117 Å². The van der Waals surface area contributed by atoms with Crippen LogP contribution in [-0.2, 0) is 16.0 Å². The molecule has 1 saturated heterocycles. The maximum atomic E-state index is 13.3. The van der Waals surface area contributed by atoms with Crippen molar-refractivity contribution in [3.63, 3.8) is 0 Å². The van der Waals surface area contributed by atoms with Crippen molar-refractivity contribution in [1.29, 1.82) is 0 Å². The number of nitrogens with one attached hydrogen (secondary N) is 3. The van der Waals surface area contributed by atoms with E-state index >= 15 is 0 Å². The van der Waals surface area contributed by atoms with Crippen molar-refractivity contribution in [1.82, 2.24) is 20.9 Å². The minimum atomic E-state index is -0.778. The van der Waals surface area contributed by atoms with Gasteiger partial charge in [0.25, 0.3) is 0 Å². The van der Waals surface area contributed by atoms with E-state index < -0.39 is 17.6 Å². The standard InChI is InChI=1S/C26H43N5O3/c1-18(2)16-21(29-25(34)31-14-8-6-7-9-15-31)23(32)28-22(24(33)30-26(3,4)5)17-19-10-12-20(27)13-11-19/h10-13,18,21-22H,6-9,14-17,27H2,1-5H3,(H,28,32)(H,29,34)(H,30,33). The zero-order valence-corrected chi connectivity index (χ0v) is 21.4. The average Bonchev–Trinajstić information content (AvgIpc) is 3.02. The highest BCUT2D eigenvalue weighted by Crippen LogP contribution is 2.13. The van der Waals surface area contributed by atoms with E-state index in [2.05, 4.69) is 16.0 Å². The molecule has 0 aliphatic carbocycles. The fraction of sp³-hybridized carbons (Fsp3) is 0.654. The molecule has 1 fully saturated rings. The first-order valence-electron chi connectivity index (χ1n) is 12.5. The highest BCUT2D eigenvalue weighted by atomic mass is 16.2. The van der Waals surface area contributed by atoms with Crippen molar-refractivity contribution in [2.75, 3.05) is 18.8 Å². The molecule has 0 aromatic heterocycles. The Kier molecular flexibility index (Phi) is 10.2. The molecule has 190 valence electrons. The van der Waals surface area contributed by atoms with Gasteiger partial charge in [0.2, 0.25) is 11.8 Å². The van der Waals surface area contributed by atoms with Gasteiger partial charge in [0.05, 0.1) is 0 Å². The number of carbonyl (C=O) groups excluding carboxylic acids is 3. The van der Waals surface area contributed by atoms with Crippen LogP contribution in [-0.4, -0.2) is 53.5 Å². The van der Waals surface area contributed by atoms with Crippen LogP contribution in [0, 0.1) is 5.92 Å². The highest BCUT2D eigenvalue weighted by molar-refractivity contribution is 5.92. The zero-order valence-electron chi connectivity index (χ0n) is 21.4. The van der Waals surface area contributed by atoms with Gasteiger partial charge in [0.15, 0.2) is 0 Å². The van der Waals surface area contributed by atoms with Gasteiger partial charge in [0, 0.05) is 30.7 Å². The predicted octanol–water partition coefficient (Wildman–Crippen LogP) is 3.21. The van der Waals surface area contributed by atoms with Gasteiger partial charge in [-0.05, 0) is 63.6 Å². The summed E-state index contributed by atoms with van der Waals surface area (Å²) >= 11 is 0. The second-order valence-electron chi connectivity index (χ2n) is 10.8. The number of nitrogens with two attached hydrogens (primary N) is 1. The summed E-state index contributed by atoms with van der Waals surface area (Å²) in [6.45, 7) is 11.1. The maximum absolute atomic E-state index is 13.3. The van der Waals surface area contributed by atoms with Crippen LogP contribution in [0.3, 0.4) is 0 Å². The Morgan fingerprint density at radius 2 is 1.50 bits per heavy atom. The molecule has 5 N–H and O–H groups in total. The Balaban J connectivity index is 2.16. The lowest BCUT2D eigenvalue weighted by molar-refractivity contribution is -0.130. The van der Waals surface area contributed by atoms with Crippen LogP contribution in [0.1, 0.15) is 72.3 Å². The number of amides is 4. The highest BCUT2D eigenvalue weighted by Gasteiger charge is 2.30. The van der Waals surface area contributed by atoms with Gasteiger partial charge >= 0.3 is 6.03 Å². The normalized spacial score (nSPS) is 16.4. The average molecular weight is 474 g/mol. The third kappa shape index (κ3) is 9.61. The molecule has 8 heteroatoms. The van der Waals surface area contributed by atoms with Crippen LogP contribution < -0.4 is 21.7 Å². The van der Waals surface area contributed by atoms with Crippen molar-refractivity contribution in [2.45, 2.75) is 90.8 Å². The van der Waals surface area contributed by atoms with Crippen molar-refractivity contribution in [2.24, 2.45) is 5.92 Å². The Morgan fingerprint density at radius 3 is 2.03 bits per heavy atom. The van der Waals surface area contributed by atoms with Crippen LogP contribution in [0.25, 0.3) is 0 Å². The number of carbonyl (C=O) groups is 3. The lowest BCUT2D eigenvalue weighted by Gasteiger charge is -2.29. The van der Waals surface area contributed by atoms with E-state index in [-0.39, 0.29) is 23.8 Å². The van der Waals surface area contributed by atoms with E-state index in [9.17, 15) is 14.4 Å². The third-order valence-corrected chi connectivity index (χ3v) is 5.77. The molecule has 1 aliphatic rings. The molecule has 8 nitrogen and oxygen atoms in total. The number of urea groups is 1. The summed E-state index contributed by atoms with van der Waals surface area (Å²) in [5, 5.41) is 8.81. The number of nitrogen functional groups attached to an aromatic ring is 1. The summed E-state index contributed by atoms with van der Waals surface area (Å²) in [5.74, 6) is -0.416. The summed E-state index contributed by atoms with van der Waals surface area (Å²) < 4.78 is 0. The van der Waals surface area contributed by atoms with Gasteiger partial charge < -0.3 is 26.6 Å². The lowest BCUT2D eigenvalue weighted by Crippen LogP contribution is -2.58. The largest absolute Gasteiger partial charge is 0.399 e. The van der Waals surface area contributed by atoms with E-state index in [0.717, 1.165) is 31.2 Å². The summed E-state index contributed by atoms with van der Waals surface area (Å²) in [4.78, 5) is 41.1. The van der Waals surface area contributed by atoms with E-state index in [0.29, 0.717) is 31.6 Å². The minimum absolute atomic E-state index is 0.194. The number of hydrogen-bond donors (Lipinski definition) is 4. The molecule has 2 unspecified atom stereocenters. The molecule has 2 rings (SSSR count). The molecule has 1 aromatic carbocycles. The summed E-state index contributed by atoms with van der Waals surface area (Å²) in [6.07, 6.45) is 5.00. The second-order valence-corrected chi connectivity index (χ2v) is 10.8. The van der Waals surface area contributed by atoms with Gasteiger partial charge in [-0.1, -0.05) is 38.8 Å². The van der Waals surface area contributed by atoms with Gasteiger partial charge in [-0.15, -0.1) is 0 Å². The molecule has 0 radical (unpaired) electrons. The Labute approximate surface area is 204 Å². The smallest absolute Gasteiger partial charge is 0.318 e. The van der Waals surface area contributed by atoms with Crippen LogP contribution in [0.15, 0.2) is 24.3 Å². The fourth-order valence-electron chi connectivity index (χ4n) is 4.04. The van der Waals surface area contributed by atoms with E-state index in [4.69, 9.17) is 5.73 Å². The van der Waals surface area contributed by atoms with Gasteiger partial charge in [-0.3, -0.25) is 9.59 Å². The molecule has 1 aliphatic heterocycles. The lowest BCUT2D eigenvalue weighted by atomic mass is 10.00. The van der Waals surface area contributed by atoms with E-state index in [1.807, 2.05) is 46.8 Å². The van der Waals surface area contributed by atoms with E-state index in [1.54, 1.807) is 17.0 Å². The van der Waals surface area contributed by atoms with Gasteiger partial charge in [-0.2, -0.15) is 0 Å². The van der Waals surface area contributed by atoms with Crippen LogP contribution >= 0.6 is 0 Å². The van der Waals surface area contributed by atoms with Crippen molar-refractivity contribution in [3.8, 4) is 0 Å². The molecule has 0 saturated carbocycles. The number of nitrogens with zero attached hydrogens (tertiary/aromatic N) is 1. The molecular weight excluding hydrogens is 430 g/mol.